The van der Waals surface area contributed by atoms with Crippen LogP contribution in [0.25, 0.3) is 6.08 Å². The first kappa shape index (κ1) is 23.0. The quantitative estimate of drug-likeness (QED) is 0.289. The van der Waals surface area contributed by atoms with Crippen LogP contribution in [0.1, 0.15) is 47.8 Å². The fourth-order valence-corrected chi connectivity index (χ4v) is 2.88. The molecule has 0 aliphatic rings. The smallest absolute Gasteiger partial charge is 0.189 e. The van der Waals surface area contributed by atoms with Gasteiger partial charge in [0, 0.05) is 12.5 Å². The second-order valence-corrected chi connectivity index (χ2v) is 7.64. The van der Waals surface area contributed by atoms with Crippen molar-refractivity contribution in [3.63, 3.8) is 0 Å². The first-order valence-corrected chi connectivity index (χ1v) is 9.64. The summed E-state index contributed by atoms with van der Waals surface area (Å²) in [6.45, 7) is 9.41. The maximum Gasteiger partial charge on any atom is 0.189 e. The molecule has 1 atom stereocenters. The van der Waals surface area contributed by atoms with Gasteiger partial charge in [-0.15, -0.1) is 0 Å². The number of rotatable bonds is 8. The van der Waals surface area contributed by atoms with Gasteiger partial charge in [-0.05, 0) is 74.2 Å². The van der Waals surface area contributed by atoms with Gasteiger partial charge in [0.2, 0.25) is 0 Å². The largest absolute Gasteiger partial charge is 0.508 e. The molecular weight excluding hydrogens is 380 g/mol. The molecule has 0 saturated carbocycles. The maximum atomic E-state index is 12.4. The van der Waals surface area contributed by atoms with E-state index in [1.165, 1.54) is 18.2 Å². The minimum Gasteiger partial charge on any atom is -0.508 e. The van der Waals surface area contributed by atoms with Gasteiger partial charge < -0.3 is 20.4 Å². The molecule has 0 amide bonds. The van der Waals surface area contributed by atoms with Crippen molar-refractivity contribution in [2.75, 3.05) is 0 Å². The average molecular weight is 408 g/mol. The van der Waals surface area contributed by atoms with Crippen molar-refractivity contribution < 1.29 is 25.2 Å². The molecule has 0 fully saturated rings. The molecule has 0 aliphatic heterocycles. The summed E-state index contributed by atoms with van der Waals surface area (Å²) in [6, 6.07) is 7.29. The zero-order valence-corrected chi connectivity index (χ0v) is 17.5. The predicted octanol–water partition coefficient (Wildman–Crippen LogP) is 4.69. The summed E-state index contributed by atoms with van der Waals surface area (Å²) < 4.78 is 0. The zero-order chi connectivity index (χ0) is 22.4. The molecule has 2 aromatic carbocycles. The van der Waals surface area contributed by atoms with E-state index >= 15 is 0 Å². The third kappa shape index (κ3) is 6.09. The highest BCUT2D eigenvalue weighted by molar-refractivity contribution is 6.08. The molecule has 0 bridgehead atoms. The van der Waals surface area contributed by atoms with E-state index in [2.05, 4.69) is 6.58 Å². The summed E-state index contributed by atoms with van der Waals surface area (Å²) in [7, 11) is 0. The van der Waals surface area contributed by atoms with Crippen molar-refractivity contribution in [2.24, 2.45) is 0 Å². The number of hydrogen-bond donors (Lipinski definition) is 4. The van der Waals surface area contributed by atoms with Crippen LogP contribution in [-0.4, -0.2) is 32.3 Å². The van der Waals surface area contributed by atoms with Gasteiger partial charge in [0.1, 0.15) is 17.2 Å². The summed E-state index contributed by atoms with van der Waals surface area (Å²) in [4.78, 5) is 12.4. The maximum absolute atomic E-state index is 12.4. The minimum atomic E-state index is -0.790. The van der Waals surface area contributed by atoms with Crippen LogP contribution < -0.4 is 0 Å². The van der Waals surface area contributed by atoms with Gasteiger partial charge in [0.05, 0.1) is 11.7 Å². The second kappa shape index (κ2) is 9.94. The third-order valence-electron chi connectivity index (χ3n) is 4.68. The first-order chi connectivity index (χ1) is 14.1. The Hall–Kier alpha value is -3.31. The molecule has 2 aromatic rings. The van der Waals surface area contributed by atoms with Gasteiger partial charge in [-0.3, -0.25) is 4.79 Å². The fraction of sp³-hybridized carbons (Fsp3) is 0.240. The Morgan fingerprint density at radius 3 is 2.33 bits per heavy atom. The molecule has 0 heterocycles. The van der Waals surface area contributed by atoms with E-state index in [0.29, 0.717) is 28.7 Å². The predicted molar refractivity (Wildman–Crippen MR) is 119 cm³/mol. The monoisotopic (exact) mass is 408 g/mol. The highest BCUT2D eigenvalue weighted by Crippen LogP contribution is 2.29. The van der Waals surface area contributed by atoms with Crippen LogP contribution in [0.5, 0.6) is 17.2 Å². The molecule has 0 aromatic heterocycles. The van der Waals surface area contributed by atoms with Gasteiger partial charge in [0.15, 0.2) is 5.78 Å². The standard InChI is InChI=1S/C25H28O5/c1-15(2)5-7-18-11-17(12-19(25(18)30)13-23(28)16(3)4)6-10-22(27)21-9-8-20(26)14-24(21)29/h5-6,8-12,14,23,26,28-30H,3,7,13H2,1-2,4H3/b10-6+. The highest BCUT2D eigenvalue weighted by Gasteiger charge is 2.14. The second-order valence-electron chi connectivity index (χ2n) is 7.64. The minimum absolute atomic E-state index is 0.0746. The normalized spacial score (nSPS) is 12.0. The molecule has 158 valence electrons. The van der Waals surface area contributed by atoms with Crippen molar-refractivity contribution >= 4 is 11.9 Å². The average Bonchev–Trinajstić information content (AvgIpc) is 2.66. The summed E-state index contributed by atoms with van der Waals surface area (Å²) in [5.41, 5.74) is 3.70. The van der Waals surface area contributed by atoms with Crippen molar-refractivity contribution in [3.8, 4) is 17.2 Å². The SMILES string of the molecule is C=C(C)C(O)Cc1cc(/C=C/C(=O)c2ccc(O)cc2O)cc(CC=C(C)C)c1O. The van der Waals surface area contributed by atoms with E-state index in [1.807, 2.05) is 19.9 Å². The van der Waals surface area contributed by atoms with Crippen LogP contribution >= 0.6 is 0 Å². The van der Waals surface area contributed by atoms with E-state index in [-0.39, 0.29) is 29.2 Å². The number of aliphatic hydroxyl groups is 1. The lowest BCUT2D eigenvalue weighted by molar-refractivity contribution is 0.104. The molecule has 0 aliphatic carbocycles. The molecule has 1 unspecified atom stereocenters. The molecule has 2 rings (SSSR count). The Bertz CT molecular complexity index is 1010. The van der Waals surface area contributed by atoms with Crippen LogP contribution in [0.4, 0.5) is 0 Å². The summed E-state index contributed by atoms with van der Waals surface area (Å²) in [6.07, 6.45) is 4.83. The molecule has 5 nitrogen and oxygen atoms in total. The Labute approximate surface area is 177 Å². The zero-order valence-electron chi connectivity index (χ0n) is 17.5. The van der Waals surface area contributed by atoms with Gasteiger partial charge in [0.25, 0.3) is 0 Å². The van der Waals surface area contributed by atoms with Crippen molar-refractivity contribution in [2.45, 2.75) is 39.7 Å². The van der Waals surface area contributed by atoms with Gasteiger partial charge in [-0.1, -0.05) is 29.9 Å². The van der Waals surface area contributed by atoms with E-state index in [4.69, 9.17) is 0 Å². The first-order valence-electron chi connectivity index (χ1n) is 9.64. The third-order valence-corrected chi connectivity index (χ3v) is 4.68. The van der Waals surface area contributed by atoms with E-state index < -0.39 is 11.9 Å². The lowest BCUT2D eigenvalue weighted by Crippen LogP contribution is -2.11. The van der Waals surface area contributed by atoms with E-state index in [0.717, 1.165) is 11.6 Å². The summed E-state index contributed by atoms with van der Waals surface area (Å²) >= 11 is 0. The number of aliphatic hydroxyl groups excluding tert-OH is 1. The van der Waals surface area contributed by atoms with Gasteiger partial charge in [-0.2, -0.15) is 0 Å². The van der Waals surface area contributed by atoms with Crippen LogP contribution in [0, 0.1) is 0 Å². The summed E-state index contributed by atoms with van der Waals surface area (Å²) in [5.74, 6) is -0.733. The lowest BCUT2D eigenvalue weighted by Gasteiger charge is -2.15. The number of benzene rings is 2. The number of phenolic OH excluding ortho intramolecular Hbond substituents is 3. The van der Waals surface area contributed by atoms with Crippen LogP contribution in [0.15, 0.2) is 60.2 Å². The number of carbonyl (C=O) groups is 1. The number of allylic oxidation sites excluding steroid dienone is 3. The Kier molecular flexibility index (Phi) is 7.61. The number of aromatic hydroxyl groups is 3. The van der Waals surface area contributed by atoms with Crippen molar-refractivity contribution in [3.05, 3.63) is 82.5 Å². The molecule has 4 N–H and O–H groups in total. The van der Waals surface area contributed by atoms with Crippen LogP contribution in [-0.2, 0) is 12.8 Å². The van der Waals surface area contributed by atoms with Crippen molar-refractivity contribution in [1.82, 2.24) is 0 Å². The number of carbonyl (C=O) groups excluding carboxylic acids is 1. The highest BCUT2D eigenvalue weighted by atomic mass is 16.3. The number of hydrogen-bond acceptors (Lipinski definition) is 5. The molecular formula is C25H28O5. The molecule has 0 spiro atoms. The number of ketones is 1. The topological polar surface area (TPSA) is 98.0 Å². The fourth-order valence-electron chi connectivity index (χ4n) is 2.88. The Morgan fingerprint density at radius 1 is 1.07 bits per heavy atom. The molecule has 5 heteroatoms. The van der Waals surface area contributed by atoms with Gasteiger partial charge in [-0.25, -0.2) is 0 Å². The van der Waals surface area contributed by atoms with Crippen LogP contribution in [0.3, 0.4) is 0 Å². The lowest BCUT2D eigenvalue weighted by atomic mass is 9.95. The Balaban J connectivity index is 2.40. The van der Waals surface area contributed by atoms with E-state index in [1.54, 1.807) is 25.1 Å². The molecule has 0 saturated heterocycles. The van der Waals surface area contributed by atoms with Crippen molar-refractivity contribution in [1.29, 1.82) is 0 Å². The Morgan fingerprint density at radius 2 is 1.73 bits per heavy atom. The van der Waals surface area contributed by atoms with E-state index in [9.17, 15) is 25.2 Å². The number of phenols is 3. The van der Waals surface area contributed by atoms with Gasteiger partial charge >= 0.3 is 0 Å². The van der Waals surface area contributed by atoms with Crippen LogP contribution in [0.2, 0.25) is 0 Å². The molecule has 0 radical (unpaired) electrons. The molecule has 30 heavy (non-hydrogen) atoms. The summed E-state index contributed by atoms with van der Waals surface area (Å²) in [5, 5.41) is 40.1.